The predicted octanol–water partition coefficient (Wildman–Crippen LogP) is 4.16. The standard InChI is InChI=1S/C17H25NO/c1-12-4-3-5-15(10-12)17(19)11-13(2)14-6-8-16(18)9-7-14/h6-9,12-13,15H,3-5,10-11,18H2,1-2H3. The van der Waals surface area contributed by atoms with Crippen molar-refractivity contribution in [2.24, 2.45) is 11.8 Å². The van der Waals surface area contributed by atoms with Crippen LogP contribution >= 0.6 is 0 Å². The molecule has 104 valence electrons. The number of nitrogen functional groups attached to an aromatic ring is 1. The number of hydrogen-bond donors (Lipinski definition) is 1. The van der Waals surface area contributed by atoms with Crippen LogP contribution in [0.5, 0.6) is 0 Å². The van der Waals surface area contributed by atoms with Crippen molar-refractivity contribution in [3.05, 3.63) is 29.8 Å². The summed E-state index contributed by atoms with van der Waals surface area (Å²) in [4.78, 5) is 12.4. The lowest BCUT2D eigenvalue weighted by atomic mass is 9.78. The van der Waals surface area contributed by atoms with Gasteiger partial charge in [0.25, 0.3) is 0 Å². The highest BCUT2D eigenvalue weighted by atomic mass is 16.1. The fourth-order valence-corrected chi connectivity index (χ4v) is 3.14. The Kier molecular flexibility index (Phi) is 4.62. The molecule has 2 nitrogen and oxygen atoms in total. The molecule has 0 radical (unpaired) electrons. The van der Waals surface area contributed by atoms with Gasteiger partial charge >= 0.3 is 0 Å². The minimum atomic E-state index is 0.297. The Morgan fingerprint density at radius 3 is 2.63 bits per heavy atom. The van der Waals surface area contributed by atoms with Gasteiger partial charge in [0.2, 0.25) is 0 Å². The highest BCUT2D eigenvalue weighted by Crippen LogP contribution is 2.32. The molecule has 3 unspecified atom stereocenters. The molecular formula is C17H25NO. The summed E-state index contributed by atoms with van der Waals surface area (Å²) in [6, 6.07) is 7.91. The molecule has 1 fully saturated rings. The van der Waals surface area contributed by atoms with Crippen LogP contribution < -0.4 is 5.73 Å². The van der Waals surface area contributed by atoms with Gasteiger partial charge in [-0.05, 0) is 42.4 Å². The molecule has 2 heteroatoms. The minimum Gasteiger partial charge on any atom is -0.399 e. The number of carbonyl (C=O) groups excluding carboxylic acids is 1. The van der Waals surface area contributed by atoms with Crippen molar-refractivity contribution in [1.29, 1.82) is 0 Å². The average Bonchev–Trinajstić information content (AvgIpc) is 2.39. The van der Waals surface area contributed by atoms with E-state index in [0.717, 1.165) is 24.4 Å². The van der Waals surface area contributed by atoms with E-state index in [-0.39, 0.29) is 0 Å². The first-order chi connectivity index (χ1) is 9.06. The van der Waals surface area contributed by atoms with E-state index in [2.05, 4.69) is 13.8 Å². The summed E-state index contributed by atoms with van der Waals surface area (Å²) in [6.45, 7) is 4.40. The summed E-state index contributed by atoms with van der Waals surface area (Å²) >= 11 is 0. The number of nitrogens with two attached hydrogens (primary N) is 1. The fourth-order valence-electron chi connectivity index (χ4n) is 3.14. The van der Waals surface area contributed by atoms with Gasteiger partial charge in [0.1, 0.15) is 5.78 Å². The van der Waals surface area contributed by atoms with Gasteiger partial charge < -0.3 is 5.73 Å². The van der Waals surface area contributed by atoms with Crippen molar-refractivity contribution in [2.45, 2.75) is 51.9 Å². The van der Waals surface area contributed by atoms with Crippen LogP contribution in [0.3, 0.4) is 0 Å². The van der Waals surface area contributed by atoms with Crippen LogP contribution in [-0.2, 0) is 4.79 Å². The van der Waals surface area contributed by atoms with E-state index in [4.69, 9.17) is 5.73 Å². The van der Waals surface area contributed by atoms with Gasteiger partial charge in [-0.2, -0.15) is 0 Å². The summed E-state index contributed by atoms with van der Waals surface area (Å²) < 4.78 is 0. The molecule has 0 amide bonds. The van der Waals surface area contributed by atoms with Crippen LogP contribution in [0.4, 0.5) is 5.69 Å². The second kappa shape index (κ2) is 6.23. The number of Topliss-reactive ketones (excluding diaryl/α,β-unsaturated/α-hetero) is 1. The van der Waals surface area contributed by atoms with Crippen molar-refractivity contribution in [3.63, 3.8) is 0 Å². The molecule has 0 spiro atoms. The lowest BCUT2D eigenvalue weighted by Gasteiger charge is -2.26. The molecule has 1 saturated carbocycles. The van der Waals surface area contributed by atoms with Gasteiger partial charge in [0.05, 0.1) is 0 Å². The first-order valence-electron chi connectivity index (χ1n) is 7.44. The third-order valence-corrected chi connectivity index (χ3v) is 4.40. The maximum atomic E-state index is 12.4. The summed E-state index contributed by atoms with van der Waals surface area (Å²) in [5.41, 5.74) is 7.69. The fraction of sp³-hybridized carbons (Fsp3) is 0.588. The lowest BCUT2D eigenvalue weighted by molar-refractivity contribution is -0.124. The van der Waals surface area contributed by atoms with Gasteiger partial charge in [0, 0.05) is 18.0 Å². The number of rotatable bonds is 4. The summed E-state index contributed by atoms with van der Waals surface area (Å²) in [5, 5.41) is 0. The van der Waals surface area contributed by atoms with E-state index < -0.39 is 0 Å². The topological polar surface area (TPSA) is 43.1 Å². The van der Waals surface area contributed by atoms with Crippen molar-refractivity contribution >= 4 is 11.5 Å². The quantitative estimate of drug-likeness (QED) is 0.825. The van der Waals surface area contributed by atoms with Gasteiger partial charge in [-0.25, -0.2) is 0 Å². The number of ketones is 1. The predicted molar refractivity (Wildman–Crippen MR) is 80.0 cm³/mol. The van der Waals surface area contributed by atoms with Crippen molar-refractivity contribution in [3.8, 4) is 0 Å². The maximum absolute atomic E-state index is 12.4. The molecule has 3 atom stereocenters. The van der Waals surface area contributed by atoms with Crippen molar-refractivity contribution < 1.29 is 4.79 Å². The zero-order valence-corrected chi connectivity index (χ0v) is 12.1. The molecule has 2 rings (SSSR count). The molecule has 0 bridgehead atoms. The van der Waals surface area contributed by atoms with Gasteiger partial charge in [0.15, 0.2) is 0 Å². The lowest BCUT2D eigenvalue weighted by Crippen LogP contribution is -2.22. The average molecular weight is 259 g/mol. The Balaban J connectivity index is 1.92. The third kappa shape index (κ3) is 3.82. The summed E-state index contributed by atoms with van der Waals surface area (Å²) in [6.07, 6.45) is 5.36. The van der Waals surface area contributed by atoms with Gasteiger partial charge in [-0.3, -0.25) is 4.79 Å². The molecule has 0 heterocycles. The van der Waals surface area contributed by atoms with Crippen LogP contribution in [0, 0.1) is 11.8 Å². The van der Waals surface area contributed by atoms with Gasteiger partial charge in [-0.1, -0.05) is 38.8 Å². The molecule has 2 N–H and O–H groups in total. The second-order valence-corrected chi connectivity index (χ2v) is 6.21. The molecule has 0 aromatic heterocycles. The smallest absolute Gasteiger partial charge is 0.136 e. The molecule has 0 saturated heterocycles. The van der Waals surface area contributed by atoms with Crippen LogP contribution in [0.1, 0.15) is 57.4 Å². The Morgan fingerprint density at radius 2 is 2.00 bits per heavy atom. The highest BCUT2D eigenvalue weighted by molar-refractivity contribution is 5.81. The molecule has 0 aliphatic heterocycles. The maximum Gasteiger partial charge on any atom is 0.136 e. The van der Waals surface area contributed by atoms with E-state index in [9.17, 15) is 4.79 Å². The van der Waals surface area contributed by atoms with E-state index >= 15 is 0 Å². The Morgan fingerprint density at radius 1 is 1.32 bits per heavy atom. The minimum absolute atomic E-state index is 0.297. The van der Waals surface area contributed by atoms with Crippen LogP contribution in [-0.4, -0.2) is 5.78 Å². The second-order valence-electron chi connectivity index (χ2n) is 6.21. The first-order valence-corrected chi connectivity index (χ1v) is 7.44. The molecule has 1 aliphatic rings. The largest absolute Gasteiger partial charge is 0.399 e. The van der Waals surface area contributed by atoms with Crippen LogP contribution in [0.15, 0.2) is 24.3 Å². The Labute approximate surface area is 116 Å². The van der Waals surface area contributed by atoms with Crippen LogP contribution in [0.2, 0.25) is 0 Å². The zero-order chi connectivity index (χ0) is 13.8. The van der Waals surface area contributed by atoms with E-state index in [1.165, 1.54) is 18.4 Å². The summed E-state index contributed by atoms with van der Waals surface area (Å²) in [7, 11) is 0. The zero-order valence-electron chi connectivity index (χ0n) is 12.1. The molecule has 19 heavy (non-hydrogen) atoms. The van der Waals surface area contributed by atoms with E-state index in [0.29, 0.717) is 24.0 Å². The van der Waals surface area contributed by atoms with E-state index in [1.54, 1.807) is 0 Å². The van der Waals surface area contributed by atoms with Crippen molar-refractivity contribution in [2.75, 3.05) is 5.73 Å². The molecule has 1 aliphatic carbocycles. The number of carbonyl (C=O) groups is 1. The number of benzene rings is 1. The number of anilines is 1. The normalized spacial score (nSPS) is 24.9. The molecule has 1 aromatic carbocycles. The van der Waals surface area contributed by atoms with E-state index in [1.807, 2.05) is 24.3 Å². The molecule has 1 aromatic rings. The molecular weight excluding hydrogens is 234 g/mol. The Hall–Kier alpha value is -1.31. The highest BCUT2D eigenvalue weighted by Gasteiger charge is 2.26. The van der Waals surface area contributed by atoms with Crippen molar-refractivity contribution in [1.82, 2.24) is 0 Å². The third-order valence-electron chi connectivity index (χ3n) is 4.40. The monoisotopic (exact) mass is 259 g/mol. The van der Waals surface area contributed by atoms with Gasteiger partial charge in [-0.15, -0.1) is 0 Å². The number of hydrogen-bond acceptors (Lipinski definition) is 2. The SMILES string of the molecule is CC1CCCC(C(=O)CC(C)c2ccc(N)cc2)C1. The Bertz CT molecular complexity index is 423. The van der Waals surface area contributed by atoms with Crippen LogP contribution in [0.25, 0.3) is 0 Å². The summed E-state index contributed by atoms with van der Waals surface area (Å²) in [5.74, 6) is 1.77. The first kappa shape index (κ1) is 14.1.